The van der Waals surface area contributed by atoms with E-state index in [1.54, 1.807) is 0 Å². The monoisotopic (exact) mass is 270 g/mol. The van der Waals surface area contributed by atoms with Gasteiger partial charge >= 0.3 is 0 Å². The van der Waals surface area contributed by atoms with E-state index in [1.807, 2.05) is 12.1 Å². The van der Waals surface area contributed by atoms with Crippen molar-refractivity contribution in [1.29, 1.82) is 0 Å². The molecule has 1 aliphatic heterocycles. The highest BCUT2D eigenvalue weighted by atomic mass is 79.9. The number of benzene rings is 1. The molecule has 0 radical (unpaired) electrons. The van der Waals surface area contributed by atoms with Crippen molar-refractivity contribution in [2.24, 2.45) is 5.90 Å². The van der Waals surface area contributed by atoms with Crippen molar-refractivity contribution in [1.82, 2.24) is 0 Å². The molecule has 1 saturated heterocycles. The topological polar surface area (TPSA) is 38.5 Å². The second-order valence-electron chi connectivity index (χ2n) is 3.80. The van der Waals surface area contributed by atoms with Crippen LogP contribution in [0.2, 0.25) is 0 Å². The van der Waals surface area contributed by atoms with E-state index in [0.717, 1.165) is 30.4 Å². The summed E-state index contributed by atoms with van der Waals surface area (Å²) in [4.78, 5) is 7.24. The lowest BCUT2D eigenvalue weighted by molar-refractivity contribution is 0.0434. The van der Waals surface area contributed by atoms with Crippen LogP contribution in [-0.4, -0.2) is 19.2 Å². The maximum Gasteiger partial charge on any atom is 0.0962 e. The minimum Gasteiger partial charge on any atom is -0.368 e. The summed E-state index contributed by atoms with van der Waals surface area (Å²) < 4.78 is 1.13. The molecule has 1 aromatic carbocycles. The Kier molecular flexibility index (Phi) is 3.61. The molecular weight excluding hydrogens is 256 g/mol. The van der Waals surface area contributed by atoms with Crippen LogP contribution in [0.5, 0.6) is 0 Å². The fourth-order valence-corrected chi connectivity index (χ4v) is 2.51. The molecule has 0 spiro atoms. The lowest BCUT2D eigenvalue weighted by Crippen LogP contribution is -2.40. The van der Waals surface area contributed by atoms with Crippen molar-refractivity contribution < 1.29 is 4.84 Å². The van der Waals surface area contributed by atoms with Crippen LogP contribution < -0.4 is 10.8 Å². The molecule has 2 rings (SSSR count). The smallest absolute Gasteiger partial charge is 0.0962 e. The van der Waals surface area contributed by atoms with E-state index < -0.39 is 0 Å². The average Bonchev–Trinajstić information content (AvgIpc) is 2.30. The first kappa shape index (κ1) is 10.9. The van der Waals surface area contributed by atoms with Crippen molar-refractivity contribution in [3.05, 3.63) is 28.7 Å². The van der Waals surface area contributed by atoms with Crippen molar-refractivity contribution in [3.8, 4) is 0 Å². The lowest BCUT2D eigenvalue weighted by atomic mass is 10.1. The zero-order valence-corrected chi connectivity index (χ0v) is 10.1. The number of nitrogens with two attached hydrogens (primary N) is 1. The van der Waals surface area contributed by atoms with Gasteiger partial charge in [-0.15, -0.1) is 0 Å². The van der Waals surface area contributed by atoms with Gasteiger partial charge in [-0.1, -0.05) is 12.1 Å². The molecule has 1 atom stereocenters. The first-order valence-corrected chi connectivity index (χ1v) is 5.95. The van der Waals surface area contributed by atoms with Crippen molar-refractivity contribution in [2.75, 3.05) is 18.0 Å². The quantitative estimate of drug-likeness (QED) is 0.839. The van der Waals surface area contributed by atoms with Gasteiger partial charge in [-0.05, 0) is 40.9 Å². The van der Waals surface area contributed by atoms with Gasteiger partial charge in [0.25, 0.3) is 0 Å². The minimum absolute atomic E-state index is 0.158. The molecule has 82 valence electrons. The molecule has 3 nitrogen and oxygen atoms in total. The van der Waals surface area contributed by atoms with Crippen LogP contribution >= 0.6 is 15.9 Å². The van der Waals surface area contributed by atoms with E-state index in [2.05, 4.69) is 33.0 Å². The Morgan fingerprint density at radius 3 is 2.93 bits per heavy atom. The second kappa shape index (κ2) is 4.96. The number of nitrogens with zero attached hydrogens (tertiary/aromatic N) is 1. The van der Waals surface area contributed by atoms with Gasteiger partial charge in [-0.2, -0.15) is 0 Å². The maximum absolute atomic E-state index is 5.24. The normalized spacial score (nSPS) is 21.7. The standard InChI is InChI=1S/C11H15BrN2O/c12-10-5-1-2-6-11(10)14-7-3-4-9(8-14)15-13/h1-2,5-6,9H,3-4,7-8,13H2. The first-order valence-electron chi connectivity index (χ1n) is 5.16. The summed E-state index contributed by atoms with van der Waals surface area (Å²) in [5, 5.41) is 0. The second-order valence-corrected chi connectivity index (χ2v) is 4.65. The molecule has 1 unspecified atom stereocenters. The predicted molar refractivity (Wildman–Crippen MR) is 64.6 cm³/mol. The number of para-hydroxylation sites is 1. The molecule has 2 N–H and O–H groups in total. The Morgan fingerprint density at radius 2 is 2.20 bits per heavy atom. The van der Waals surface area contributed by atoms with Crippen molar-refractivity contribution in [2.45, 2.75) is 18.9 Å². The molecule has 1 aliphatic rings. The van der Waals surface area contributed by atoms with Gasteiger partial charge in [0, 0.05) is 17.6 Å². The number of piperidine rings is 1. The molecule has 1 aromatic rings. The fraction of sp³-hybridized carbons (Fsp3) is 0.455. The fourth-order valence-electron chi connectivity index (χ4n) is 1.98. The van der Waals surface area contributed by atoms with Crippen LogP contribution in [0.3, 0.4) is 0 Å². The zero-order valence-electron chi connectivity index (χ0n) is 8.53. The molecule has 15 heavy (non-hydrogen) atoms. The molecular formula is C11H15BrN2O. The minimum atomic E-state index is 0.158. The van der Waals surface area contributed by atoms with Gasteiger partial charge in [0.15, 0.2) is 0 Å². The summed E-state index contributed by atoms with van der Waals surface area (Å²) in [7, 11) is 0. The van der Waals surface area contributed by atoms with Crippen LogP contribution in [0.15, 0.2) is 28.7 Å². The first-order chi connectivity index (χ1) is 7.31. The number of anilines is 1. The summed E-state index contributed by atoms with van der Waals surface area (Å²) in [5.74, 6) is 5.24. The molecule has 0 bridgehead atoms. The van der Waals surface area contributed by atoms with Gasteiger partial charge in [-0.25, -0.2) is 5.90 Å². The maximum atomic E-state index is 5.24. The van der Waals surface area contributed by atoms with Crippen LogP contribution in [0.25, 0.3) is 0 Å². The van der Waals surface area contributed by atoms with Crippen molar-refractivity contribution >= 4 is 21.6 Å². The molecule has 0 saturated carbocycles. The van der Waals surface area contributed by atoms with Crippen molar-refractivity contribution in [3.63, 3.8) is 0 Å². The summed E-state index contributed by atoms with van der Waals surface area (Å²) in [6.07, 6.45) is 2.34. The van der Waals surface area contributed by atoms with E-state index in [4.69, 9.17) is 10.7 Å². The van der Waals surface area contributed by atoms with Crippen LogP contribution in [0.1, 0.15) is 12.8 Å². The zero-order chi connectivity index (χ0) is 10.7. The highest BCUT2D eigenvalue weighted by molar-refractivity contribution is 9.10. The third-order valence-corrected chi connectivity index (χ3v) is 3.43. The van der Waals surface area contributed by atoms with Gasteiger partial charge in [0.05, 0.1) is 11.8 Å². The molecule has 1 fully saturated rings. The van der Waals surface area contributed by atoms with Gasteiger partial charge < -0.3 is 4.90 Å². The number of hydrogen-bond acceptors (Lipinski definition) is 3. The summed E-state index contributed by atoms with van der Waals surface area (Å²) in [6.45, 7) is 1.95. The Balaban J connectivity index is 2.13. The van der Waals surface area contributed by atoms with E-state index in [9.17, 15) is 0 Å². The van der Waals surface area contributed by atoms with E-state index in [1.165, 1.54) is 5.69 Å². The highest BCUT2D eigenvalue weighted by Gasteiger charge is 2.21. The average molecular weight is 271 g/mol. The summed E-state index contributed by atoms with van der Waals surface area (Å²) in [5.41, 5.74) is 1.22. The number of hydrogen-bond donors (Lipinski definition) is 1. The van der Waals surface area contributed by atoms with E-state index in [0.29, 0.717) is 0 Å². The third kappa shape index (κ3) is 2.51. The number of halogens is 1. The third-order valence-electron chi connectivity index (χ3n) is 2.76. The Labute approximate surface area is 98.3 Å². The Bertz CT molecular complexity index is 332. The van der Waals surface area contributed by atoms with Gasteiger partial charge in [-0.3, -0.25) is 4.84 Å². The number of rotatable bonds is 2. The summed E-state index contributed by atoms with van der Waals surface area (Å²) in [6, 6.07) is 8.24. The molecule has 0 amide bonds. The Hall–Kier alpha value is -0.580. The Morgan fingerprint density at radius 1 is 1.40 bits per heavy atom. The predicted octanol–water partition coefficient (Wildman–Crippen LogP) is 2.31. The van der Waals surface area contributed by atoms with Crippen LogP contribution in [0.4, 0.5) is 5.69 Å². The lowest BCUT2D eigenvalue weighted by Gasteiger charge is -2.33. The molecule has 4 heteroatoms. The van der Waals surface area contributed by atoms with Gasteiger partial charge in [0.2, 0.25) is 0 Å². The molecule has 0 aliphatic carbocycles. The van der Waals surface area contributed by atoms with E-state index >= 15 is 0 Å². The van der Waals surface area contributed by atoms with E-state index in [-0.39, 0.29) is 6.10 Å². The van der Waals surface area contributed by atoms with Gasteiger partial charge in [0.1, 0.15) is 0 Å². The van der Waals surface area contributed by atoms with Crippen LogP contribution in [-0.2, 0) is 4.84 Å². The summed E-state index contributed by atoms with van der Waals surface area (Å²) >= 11 is 3.56. The SMILES string of the molecule is NOC1CCCN(c2ccccc2Br)C1. The highest BCUT2D eigenvalue weighted by Crippen LogP contribution is 2.28. The molecule has 0 aromatic heterocycles. The van der Waals surface area contributed by atoms with Crippen LogP contribution in [0, 0.1) is 0 Å². The molecule has 1 heterocycles. The largest absolute Gasteiger partial charge is 0.368 e.